The quantitative estimate of drug-likeness (QED) is 0.255. The van der Waals surface area contributed by atoms with Crippen molar-refractivity contribution in [3.8, 4) is 0 Å². The van der Waals surface area contributed by atoms with Gasteiger partial charge in [0.05, 0.1) is 0 Å². The van der Waals surface area contributed by atoms with Crippen molar-refractivity contribution in [2.75, 3.05) is 0 Å². The third-order valence-corrected chi connectivity index (χ3v) is 0. The van der Waals surface area contributed by atoms with E-state index in [0.717, 1.165) is 27.7 Å². The van der Waals surface area contributed by atoms with E-state index in [1.54, 1.807) is 0 Å². The molecule has 12 heteroatoms. The van der Waals surface area contributed by atoms with Crippen molar-refractivity contribution in [2.45, 2.75) is 27.7 Å². The molecule has 0 aromatic carbocycles. The number of carbonyl (C=O) groups is 4. The molecule has 20 heavy (non-hydrogen) atoms. The van der Waals surface area contributed by atoms with Crippen molar-refractivity contribution < 1.29 is 101 Å². The zero-order chi connectivity index (χ0) is 14.3. The van der Waals surface area contributed by atoms with Crippen LogP contribution >= 0.6 is 0 Å². The van der Waals surface area contributed by atoms with Crippen LogP contribution in [-0.2, 0) is 49.6 Å². The Morgan fingerprint density at radius 2 is 0.550 bits per heavy atom. The molecular weight excluding hydrogens is 559 g/mol. The largest absolute Gasteiger partial charge is 2.00 e. The number of hydrogen-bond donors (Lipinski definition) is 0. The Morgan fingerprint density at radius 3 is 0.550 bits per heavy atom. The van der Waals surface area contributed by atoms with Gasteiger partial charge in [0.25, 0.3) is 0 Å². The summed E-state index contributed by atoms with van der Waals surface area (Å²) in [4.78, 5) is 35.6. The van der Waals surface area contributed by atoms with Gasteiger partial charge in [-0.3, -0.25) is 0 Å². The average molecular weight is 572 g/mol. The average Bonchev–Trinajstić information content (AvgIpc) is 1.76. The first-order valence-corrected chi connectivity index (χ1v) is 3.63. The Bertz CT molecular complexity index is 169. The first-order chi connectivity index (χ1) is 6.93. The van der Waals surface area contributed by atoms with E-state index in [0.29, 0.717) is 0 Å². The Kier molecular flexibility index (Phi) is 108. The topological polar surface area (TPSA) is 218 Å². The Hall–Kier alpha value is -0.525. The summed E-state index contributed by atoms with van der Waals surface area (Å²) < 4.78 is 0. The third-order valence-electron chi connectivity index (χ3n) is 0. The van der Waals surface area contributed by atoms with Crippen LogP contribution in [0.1, 0.15) is 27.7 Å². The Labute approximate surface area is 152 Å². The molecule has 10 nitrogen and oxygen atoms in total. The molecule has 0 unspecified atom stereocenters. The van der Waals surface area contributed by atoms with E-state index in [1.165, 1.54) is 0 Å². The fraction of sp³-hybridized carbons (Fsp3) is 0.500. The molecule has 0 aromatic heterocycles. The molecule has 0 rings (SSSR count). The Morgan fingerprint density at radius 1 is 0.550 bits per heavy atom. The molecule has 0 aliphatic heterocycles. The first-order valence-electron chi connectivity index (χ1n) is 3.63. The summed E-state index contributed by atoms with van der Waals surface area (Å²) in [5, 5.41) is 35.6. The molecule has 0 radical (unpaired) electrons. The predicted octanol–water partition coefficient (Wildman–Crippen LogP) is -5.22. The van der Waals surface area contributed by atoms with E-state index in [2.05, 4.69) is 0 Å². The molecule has 0 aliphatic carbocycles. The van der Waals surface area contributed by atoms with Crippen LogP contribution in [0.15, 0.2) is 0 Å². The molecule has 116 valence electrons. The van der Waals surface area contributed by atoms with Crippen LogP contribution in [0.25, 0.3) is 0 Å². The fourth-order valence-electron chi connectivity index (χ4n) is 0. The van der Waals surface area contributed by atoms with Crippen molar-refractivity contribution in [2.24, 2.45) is 0 Å². The molecule has 0 fully saturated rings. The van der Waals surface area contributed by atoms with Crippen LogP contribution < -0.4 is 20.4 Å². The molecule has 0 amide bonds. The molecule has 0 spiro atoms. The predicted molar refractivity (Wildman–Crippen MR) is 44.1 cm³/mol. The molecule has 0 heterocycles. The maximum Gasteiger partial charge on any atom is 2.00 e. The zero-order valence-electron chi connectivity index (χ0n) is 11.3. The third kappa shape index (κ3) is 17200. The maximum atomic E-state index is 8.89. The van der Waals surface area contributed by atoms with E-state index < -0.39 is 23.9 Å². The molecule has 0 aromatic rings. The number of aliphatic carboxylic acids is 4. The van der Waals surface area contributed by atoms with E-state index >= 15 is 0 Å². The van der Waals surface area contributed by atoms with E-state index in [4.69, 9.17) is 39.6 Å². The van der Waals surface area contributed by atoms with Crippen molar-refractivity contribution in [3.05, 3.63) is 0 Å². The summed E-state index contributed by atoms with van der Waals surface area (Å²) in [7, 11) is 0. The SMILES string of the molecule is CC(=O)[O-].CC(=O)[O-].CC(=O)[O-].CC(=O)[O-].[O-2].[O-2].[U].[Zn+2]. The molecule has 0 saturated heterocycles. The van der Waals surface area contributed by atoms with Gasteiger partial charge < -0.3 is 50.6 Å². The summed E-state index contributed by atoms with van der Waals surface area (Å²) in [6.07, 6.45) is 0. The smallest absolute Gasteiger partial charge is 2.00 e. The molecule has 0 N–H and O–H groups in total. The van der Waals surface area contributed by atoms with E-state index in [-0.39, 0.29) is 61.5 Å². The first kappa shape index (κ1) is 50.5. The van der Waals surface area contributed by atoms with Crippen molar-refractivity contribution in [1.29, 1.82) is 0 Å². The van der Waals surface area contributed by atoms with Crippen LogP contribution in [0.5, 0.6) is 0 Å². The monoisotopic (exact) mass is 570 g/mol. The van der Waals surface area contributed by atoms with Crippen molar-refractivity contribution >= 4 is 23.9 Å². The number of carbonyl (C=O) groups excluding carboxylic acids is 4. The van der Waals surface area contributed by atoms with E-state index in [1.807, 2.05) is 0 Å². The van der Waals surface area contributed by atoms with Gasteiger partial charge in [0.2, 0.25) is 0 Å². The number of hydrogen-bond acceptors (Lipinski definition) is 8. The second-order valence-electron chi connectivity index (χ2n) is 1.97. The zero-order valence-corrected chi connectivity index (χ0v) is 18.4. The molecule has 0 saturated carbocycles. The standard InChI is InChI=1S/4C2H4O2.2O.U.Zn/c4*1-2(3)4;;;;/h4*1H3,(H,3,4);;;;/q;;;;2*-2;;+2/p-4. The summed E-state index contributed by atoms with van der Waals surface area (Å²) in [5.74, 6) is -4.33. The van der Waals surface area contributed by atoms with E-state index in [9.17, 15) is 0 Å². The van der Waals surface area contributed by atoms with Gasteiger partial charge in [-0.05, 0) is 27.7 Å². The van der Waals surface area contributed by atoms with Crippen LogP contribution in [0.3, 0.4) is 0 Å². The van der Waals surface area contributed by atoms with Gasteiger partial charge >= 0.3 is 19.5 Å². The minimum absolute atomic E-state index is 0. The van der Waals surface area contributed by atoms with Crippen LogP contribution in [0.2, 0.25) is 0 Å². The fourth-order valence-corrected chi connectivity index (χ4v) is 0. The second kappa shape index (κ2) is 42.8. The van der Waals surface area contributed by atoms with Gasteiger partial charge in [0, 0.05) is 55.0 Å². The molecule has 0 atom stereocenters. The minimum Gasteiger partial charge on any atom is -2.00 e. The van der Waals surface area contributed by atoms with Gasteiger partial charge in [-0.1, -0.05) is 0 Å². The molecule has 0 bridgehead atoms. The van der Waals surface area contributed by atoms with Gasteiger partial charge in [-0.15, -0.1) is 0 Å². The minimum atomic E-state index is -1.08. The van der Waals surface area contributed by atoms with Crippen molar-refractivity contribution in [3.63, 3.8) is 0 Å². The number of carboxylic acids is 4. The summed E-state index contributed by atoms with van der Waals surface area (Å²) >= 11 is 0. The second-order valence-corrected chi connectivity index (χ2v) is 1.97. The maximum absolute atomic E-state index is 8.89. The van der Waals surface area contributed by atoms with Gasteiger partial charge in [0.15, 0.2) is 0 Å². The van der Waals surface area contributed by atoms with Crippen LogP contribution in [0, 0.1) is 31.1 Å². The molecular formula is C8H12O10UZn-6. The van der Waals surface area contributed by atoms with Gasteiger partial charge in [-0.2, -0.15) is 0 Å². The van der Waals surface area contributed by atoms with Gasteiger partial charge in [0.1, 0.15) is 0 Å². The van der Waals surface area contributed by atoms with Gasteiger partial charge in [-0.25, -0.2) is 0 Å². The summed E-state index contributed by atoms with van der Waals surface area (Å²) in [6, 6.07) is 0. The number of rotatable bonds is 0. The normalized spacial score (nSPS) is 5.00. The summed E-state index contributed by atoms with van der Waals surface area (Å²) in [6.45, 7) is 3.89. The van der Waals surface area contributed by atoms with Crippen LogP contribution in [0.4, 0.5) is 0 Å². The molecule has 0 aliphatic rings. The van der Waals surface area contributed by atoms with Crippen molar-refractivity contribution in [1.82, 2.24) is 0 Å². The van der Waals surface area contributed by atoms with Crippen LogP contribution in [-0.4, -0.2) is 23.9 Å². The summed E-state index contributed by atoms with van der Waals surface area (Å²) in [5.41, 5.74) is 0. The Balaban J connectivity index is -0.0000000150. The number of carboxylic acid groups (broad SMARTS) is 4.